The SMILES string of the molecule is NC(=O)C(NC(=O)c1ccc(C2(CN3CCCC3)CC2)cc1)c1ccccc1. The van der Waals surface area contributed by atoms with E-state index < -0.39 is 11.9 Å². The van der Waals surface area contributed by atoms with Gasteiger partial charge in [0.2, 0.25) is 5.91 Å². The molecule has 1 unspecified atom stereocenters. The Morgan fingerprint density at radius 2 is 1.64 bits per heavy atom. The number of nitrogens with one attached hydrogen (secondary N) is 1. The van der Waals surface area contributed by atoms with Crippen LogP contribution >= 0.6 is 0 Å². The number of likely N-dealkylation sites (tertiary alicyclic amines) is 1. The molecule has 2 amide bonds. The predicted octanol–water partition coefficient (Wildman–Crippen LogP) is 2.77. The van der Waals surface area contributed by atoms with Gasteiger partial charge in [-0.1, -0.05) is 42.5 Å². The highest BCUT2D eigenvalue weighted by Gasteiger charge is 2.45. The van der Waals surface area contributed by atoms with Crippen molar-refractivity contribution in [3.63, 3.8) is 0 Å². The highest BCUT2D eigenvalue weighted by atomic mass is 16.2. The predicted molar refractivity (Wildman–Crippen MR) is 109 cm³/mol. The summed E-state index contributed by atoms with van der Waals surface area (Å²) in [7, 11) is 0. The Labute approximate surface area is 165 Å². The molecule has 0 radical (unpaired) electrons. The molecule has 5 nitrogen and oxygen atoms in total. The second-order valence-electron chi connectivity index (χ2n) is 8.06. The van der Waals surface area contributed by atoms with Crippen molar-refractivity contribution in [1.82, 2.24) is 10.2 Å². The zero-order chi connectivity index (χ0) is 19.6. The van der Waals surface area contributed by atoms with Gasteiger partial charge in [0.1, 0.15) is 6.04 Å². The first kappa shape index (κ1) is 18.7. The first-order valence-electron chi connectivity index (χ1n) is 10.1. The maximum atomic E-state index is 12.7. The molecule has 3 N–H and O–H groups in total. The zero-order valence-corrected chi connectivity index (χ0v) is 16.1. The molecule has 1 aliphatic heterocycles. The molecule has 1 saturated carbocycles. The fourth-order valence-electron chi connectivity index (χ4n) is 4.21. The van der Waals surface area contributed by atoms with E-state index in [2.05, 4.69) is 22.3 Å². The second-order valence-corrected chi connectivity index (χ2v) is 8.06. The summed E-state index contributed by atoms with van der Waals surface area (Å²) >= 11 is 0. The minimum Gasteiger partial charge on any atom is -0.368 e. The van der Waals surface area contributed by atoms with Gasteiger partial charge in [0.15, 0.2) is 0 Å². The number of primary amides is 1. The summed E-state index contributed by atoms with van der Waals surface area (Å²) in [5, 5.41) is 2.76. The van der Waals surface area contributed by atoms with Gasteiger partial charge in [0.25, 0.3) is 5.91 Å². The van der Waals surface area contributed by atoms with Crippen LogP contribution in [0.3, 0.4) is 0 Å². The first-order chi connectivity index (χ1) is 13.6. The Bertz CT molecular complexity index is 838. The molecule has 4 rings (SSSR count). The van der Waals surface area contributed by atoms with Crippen LogP contribution in [0.15, 0.2) is 54.6 Å². The third-order valence-corrected chi connectivity index (χ3v) is 6.03. The van der Waals surface area contributed by atoms with Crippen LogP contribution in [0, 0.1) is 0 Å². The number of benzene rings is 2. The molecule has 2 fully saturated rings. The van der Waals surface area contributed by atoms with E-state index in [1.54, 1.807) is 12.1 Å². The summed E-state index contributed by atoms with van der Waals surface area (Å²) < 4.78 is 0. The molecule has 0 bridgehead atoms. The molecular weight excluding hydrogens is 350 g/mol. The van der Waals surface area contributed by atoms with Crippen molar-refractivity contribution >= 4 is 11.8 Å². The van der Waals surface area contributed by atoms with E-state index in [0.717, 1.165) is 6.54 Å². The first-order valence-corrected chi connectivity index (χ1v) is 10.1. The number of hydrogen-bond acceptors (Lipinski definition) is 3. The molecule has 1 heterocycles. The van der Waals surface area contributed by atoms with Gasteiger partial charge in [-0.05, 0) is 62.0 Å². The largest absolute Gasteiger partial charge is 0.368 e. The summed E-state index contributed by atoms with van der Waals surface area (Å²) in [5.74, 6) is -0.859. The van der Waals surface area contributed by atoms with Crippen molar-refractivity contribution in [2.75, 3.05) is 19.6 Å². The lowest BCUT2D eigenvalue weighted by Gasteiger charge is -2.23. The third-order valence-electron chi connectivity index (χ3n) is 6.03. The Hall–Kier alpha value is -2.66. The number of carbonyl (C=O) groups is 2. The van der Waals surface area contributed by atoms with Gasteiger partial charge in [-0.15, -0.1) is 0 Å². The highest BCUT2D eigenvalue weighted by Crippen LogP contribution is 2.49. The maximum Gasteiger partial charge on any atom is 0.252 e. The zero-order valence-electron chi connectivity index (χ0n) is 16.1. The summed E-state index contributed by atoms with van der Waals surface area (Å²) in [5.41, 5.74) is 8.30. The molecule has 1 atom stereocenters. The van der Waals surface area contributed by atoms with E-state index in [1.807, 2.05) is 30.3 Å². The lowest BCUT2D eigenvalue weighted by atomic mass is 9.94. The third kappa shape index (κ3) is 3.94. The molecule has 146 valence electrons. The minimum absolute atomic E-state index is 0.263. The molecule has 0 spiro atoms. The summed E-state index contributed by atoms with van der Waals surface area (Å²) in [6.45, 7) is 3.53. The van der Waals surface area contributed by atoms with Crippen LogP contribution < -0.4 is 11.1 Å². The van der Waals surface area contributed by atoms with Crippen LogP contribution in [0.4, 0.5) is 0 Å². The van der Waals surface area contributed by atoms with E-state index in [9.17, 15) is 9.59 Å². The van der Waals surface area contributed by atoms with Gasteiger partial charge in [0.05, 0.1) is 0 Å². The van der Waals surface area contributed by atoms with Crippen molar-refractivity contribution in [2.24, 2.45) is 5.73 Å². The van der Waals surface area contributed by atoms with Crippen LogP contribution in [-0.2, 0) is 10.2 Å². The van der Waals surface area contributed by atoms with Gasteiger partial charge >= 0.3 is 0 Å². The fraction of sp³-hybridized carbons (Fsp3) is 0.391. The Morgan fingerprint density at radius 1 is 1.00 bits per heavy atom. The number of nitrogens with zero attached hydrogens (tertiary/aromatic N) is 1. The quantitative estimate of drug-likeness (QED) is 0.779. The lowest BCUT2D eigenvalue weighted by Crippen LogP contribution is -2.37. The number of carbonyl (C=O) groups excluding carboxylic acids is 2. The standard InChI is InChI=1S/C23H27N3O2/c24-21(27)20(17-6-2-1-3-7-17)25-22(28)18-8-10-19(11-9-18)23(12-13-23)16-26-14-4-5-15-26/h1-3,6-11,20H,4-5,12-16H2,(H2,24,27)(H,25,28). The summed E-state index contributed by atoms with van der Waals surface area (Å²) in [6.07, 6.45) is 5.04. The van der Waals surface area contributed by atoms with Crippen LogP contribution in [0.1, 0.15) is 53.2 Å². The molecule has 28 heavy (non-hydrogen) atoms. The van der Waals surface area contributed by atoms with Gasteiger partial charge in [0, 0.05) is 17.5 Å². The average Bonchev–Trinajstić information content (AvgIpc) is 3.31. The number of nitrogens with two attached hydrogens (primary N) is 1. The van der Waals surface area contributed by atoms with Gasteiger partial charge < -0.3 is 16.0 Å². The van der Waals surface area contributed by atoms with Crippen LogP contribution in [-0.4, -0.2) is 36.3 Å². The molecule has 2 aromatic rings. The molecule has 2 aromatic carbocycles. The number of hydrogen-bond donors (Lipinski definition) is 2. The molecular formula is C23H27N3O2. The van der Waals surface area contributed by atoms with Gasteiger partial charge in [-0.3, -0.25) is 9.59 Å². The average molecular weight is 377 g/mol. The molecule has 1 saturated heterocycles. The Kier molecular flexibility index (Phi) is 5.18. The maximum absolute atomic E-state index is 12.7. The molecule has 1 aliphatic carbocycles. The number of rotatable bonds is 7. The number of amides is 2. The normalized spacial score (nSPS) is 19.1. The van der Waals surface area contributed by atoms with E-state index >= 15 is 0 Å². The Morgan fingerprint density at radius 3 is 2.21 bits per heavy atom. The van der Waals surface area contributed by atoms with Gasteiger partial charge in [-0.2, -0.15) is 0 Å². The van der Waals surface area contributed by atoms with Crippen LogP contribution in [0.25, 0.3) is 0 Å². The molecule has 5 heteroatoms. The summed E-state index contributed by atoms with van der Waals surface area (Å²) in [4.78, 5) is 27.0. The van der Waals surface area contributed by atoms with Crippen LogP contribution in [0.2, 0.25) is 0 Å². The van der Waals surface area contributed by atoms with Crippen molar-refractivity contribution in [2.45, 2.75) is 37.1 Å². The fourth-order valence-corrected chi connectivity index (χ4v) is 4.21. The lowest BCUT2D eigenvalue weighted by molar-refractivity contribution is -0.120. The van der Waals surface area contributed by atoms with E-state index in [0.29, 0.717) is 11.1 Å². The van der Waals surface area contributed by atoms with E-state index in [4.69, 9.17) is 5.73 Å². The molecule has 2 aliphatic rings. The van der Waals surface area contributed by atoms with Crippen LogP contribution in [0.5, 0.6) is 0 Å². The monoisotopic (exact) mass is 377 g/mol. The minimum atomic E-state index is -0.835. The van der Waals surface area contributed by atoms with Crippen molar-refractivity contribution < 1.29 is 9.59 Å². The van der Waals surface area contributed by atoms with Crippen molar-refractivity contribution in [3.05, 3.63) is 71.3 Å². The highest BCUT2D eigenvalue weighted by molar-refractivity contribution is 5.97. The summed E-state index contributed by atoms with van der Waals surface area (Å²) in [6, 6.07) is 16.1. The van der Waals surface area contributed by atoms with Gasteiger partial charge in [-0.25, -0.2) is 0 Å². The second kappa shape index (κ2) is 7.76. The van der Waals surface area contributed by atoms with Crippen molar-refractivity contribution in [3.8, 4) is 0 Å². The Balaban J connectivity index is 1.44. The van der Waals surface area contributed by atoms with E-state index in [-0.39, 0.29) is 11.3 Å². The molecule has 0 aromatic heterocycles. The smallest absolute Gasteiger partial charge is 0.252 e. The topological polar surface area (TPSA) is 75.4 Å². The van der Waals surface area contributed by atoms with Crippen molar-refractivity contribution in [1.29, 1.82) is 0 Å². The van der Waals surface area contributed by atoms with E-state index in [1.165, 1.54) is 44.3 Å².